The number of hydrogen-bond acceptors (Lipinski definition) is 4. The van der Waals surface area contributed by atoms with Gasteiger partial charge in [-0.15, -0.1) is 0 Å². The lowest BCUT2D eigenvalue weighted by molar-refractivity contribution is -0.163. The van der Waals surface area contributed by atoms with Crippen molar-refractivity contribution in [2.24, 2.45) is 22.2 Å². The van der Waals surface area contributed by atoms with E-state index in [9.17, 15) is 24.6 Å². The van der Waals surface area contributed by atoms with Crippen LogP contribution in [0.25, 0.3) is 0 Å². The Morgan fingerprint density at radius 2 is 1.70 bits per heavy atom. The fourth-order valence-electron chi connectivity index (χ4n) is 5.60. The molecule has 0 radical (unpaired) electrons. The van der Waals surface area contributed by atoms with Crippen molar-refractivity contribution in [3.05, 3.63) is 35.9 Å². The van der Waals surface area contributed by atoms with Crippen LogP contribution in [0.5, 0.6) is 0 Å². The molecule has 1 amide bonds. The first-order valence-electron chi connectivity index (χ1n) is 8.97. The molecule has 1 saturated carbocycles. The third kappa shape index (κ3) is 2.30. The number of carboxylic acid groups (broad SMARTS) is 2. The lowest BCUT2D eigenvalue weighted by atomic mass is 9.68. The van der Waals surface area contributed by atoms with Gasteiger partial charge in [-0.3, -0.25) is 9.59 Å². The molecule has 2 N–H and O–H groups in total. The average Bonchev–Trinajstić information content (AvgIpc) is 3.12. The first kappa shape index (κ1) is 19.2. The fourth-order valence-corrected chi connectivity index (χ4v) is 5.60. The van der Waals surface area contributed by atoms with Gasteiger partial charge in [0.25, 0.3) is 0 Å². The van der Waals surface area contributed by atoms with E-state index in [0.717, 1.165) is 5.56 Å². The average molecular weight is 375 g/mol. The van der Waals surface area contributed by atoms with Gasteiger partial charge in [-0.05, 0) is 17.9 Å². The number of rotatable bonds is 4. The van der Waals surface area contributed by atoms with Crippen LogP contribution in [0, 0.1) is 22.2 Å². The van der Waals surface area contributed by atoms with Crippen LogP contribution in [0.4, 0.5) is 4.79 Å². The molecule has 1 aliphatic carbocycles. The first-order chi connectivity index (χ1) is 12.5. The van der Waals surface area contributed by atoms with Crippen molar-refractivity contribution in [2.45, 2.75) is 40.3 Å². The quantitative estimate of drug-likeness (QED) is 0.784. The van der Waals surface area contributed by atoms with Gasteiger partial charge in [0.05, 0.1) is 0 Å². The van der Waals surface area contributed by atoms with Crippen LogP contribution >= 0.6 is 0 Å². The molecule has 3 rings (SSSR count). The minimum Gasteiger partial charge on any atom is -0.480 e. The molecule has 1 aromatic carbocycles. The number of hydrogen-bond donors (Lipinski definition) is 2. The van der Waals surface area contributed by atoms with E-state index in [-0.39, 0.29) is 13.2 Å². The van der Waals surface area contributed by atoms with Gasteiger partial charge in [-0.2, -0.15) is 0 Å². The number of carbonyl (C=O) groups excluding carboxylic acids is 1. The Labute approximate surface area is 157 Å². The molecule has 0 spiro atoms. The molecule has 2 aliphatic rings. The van der Waals surface area contributed by atoms with Crippen LogP contribution in [0.1, 0.15) is 33.3 Å². The SMILES string of the molecule is CC1N(C(=O)OCc2ccccc2)CC2C(C(=O)O)(C(=O)O)C12C(C)(C)C. The molecule has 7 nitrogen and oxygen atoms in total. The Morgan fingerprint density at radius 1 is 1.15 bits per heavy atom. The number of piperidine rings is 1. The largest absolute Gasteiger partial charge is 0.480 e. The molecular weight excluding hydrogens is 350 g/mol. The van der Waals surface area contributed by atoms with E-state index >= 15 is 0 Å². The fraction of sp³-hybridized carbons (Fsp3) is 0.550. The molecule has 1 aromatic rings. The van der Waals surface area contributed by atoms with Gasteiger partial charge < -0.3 is 19.8 Å². The van der Waals surface area contributed by atoms with E-state index < -0.39 is 46.2 Å². The molecule has 3 atom stereocenters. The van der Waals surface area contributed by atoms with Crippen molar-refractivity contribution in [1.82, 2.24) is 4.90 Å². The lowest BCUT2D eigenvalue weighted by Gasteiger charge is -2.40. The molecule has 1 heterocycles. The maximum atomic E-state index is 12.6. The van der Waals surface area contributed by atoms with Crippen LogP contribution in [-0.4, -0.2) is 45.7 Å². The smallest absolute Gasteiger partial charge is 0.410 e. The van der Waals surface area contributed by atoms with Crippen LogP contribution in [-0.2, 0) is 20.9 Å². The number of aliphatic carboxylic acids is 2. The third-order valence-electron chi connectivity index (χ3n) is 6.50. The van der Waals surface area contributed by atoms with Gasteiger partial charge in [-0.25, -0.2) is 4.79 Å². The second kappa shape index (κ2) is 5.97. The van der Waals surface area contributed by atoms with Gasteiger partial charge in [0, 0.05) is 23.9 Å². The van der Waals surface area contributed by atoms with E-state index in [4.69, 9.17) is 4.74 Å². The molecule has 7 heteroatoms. The molecule has 146 valence electrons. The summed E-state index contributed by atoms with van der Waals surface area (Å²) in [5.74, 6) is -3.32. The predicted octanol–water partition coefficient (Wildman–Crippen LogP) is 2.85. The summed E-state index contributed by atoms with van der Waals surface area (Å²) in [5, 5.41) is 19.6. The Balaban J connectivity index is 1.85. The van der Waals surface area contributed by atoms with Crippen molar-refractivity contribution in [1.29, 1.82) is 0 Å². The number of amides is 1. The maximum Gasteiger partial charge on any atom is 0.410 e. The highest BCUT2D eigenvalue weighted by Gasteiger charge is 2.93. The summed E-state index contributed by atoms with van der Waals surface area (Å²) >= 11 is 0. The van der Waals surface area contributed by atoms with Gasteiger partial charge in [0.15, 0.2) is 5.41 Å². The van der Waals surface area contributed by atoms with E-state index in [0.29, 0.717) is 0 Å². The highest BCUT2D eigenvalue weighted by atomic mass is 16.6. The minimum absolute atomic E-state index is 0.0602. The summed E-state index contributed by atoms with van der Waals surface area (Å²) in [6.07, 6.45) is -0.549. The van der Waals surface area contributed by atoms with Gasteiger partial charge in [0.1, 0.15) is 6.61 Å². The van der Waals surface area contributed by atoms with Crippen LogP contribution in [0.2, 0.25) is 0 Å². The van der Waals surface area contributed by atoms with E-state index in [1.54, 1.807) is 6.92 Å². The lowest BCUT2D eigenvalue weighted by Crippen LogP contribution is -2.51. The zero-order valence-electron chi connectivity index (χ0n) is 15.9. The molecular formula is C20H25NO6. The predicted molar refractivity (Wildman–Crippen MR) is 95.9 cm³/mol. The molecule has 1 saturated heterocycles. The molecule has 27 heavy (non-hydrogen) atoms. The third-order valence-corrected chi connectivity index (χ3v) is 6.50. The van der Waals surface area contributed by atoms with Crippen molar-refractivity contribution in [3.8, 4) is 0 Å². The highest BCUT2D eigenvalue weighted by Crippen LogP contribution is 2.81. The van der Waals surface area contributed by atoms with Gasteiger partial charge in [0.2, 0.25) is 0 Å². The second-order valence-corrected chi connectivity index (χ2v) is 8.46. The topological polar surface area (TPSA) is 104 Å². The number of fused-ring (bicyclic) bond motifs is 1. The molecule has 2 fully saturated rings. The second-order valence-electron chi connectivity index (χ2n) is 8.46. The zero-order chi connectivity index (χ0) is 20.2. The van der Waals surface area contributed by atoms with E-state index in [1.807, 2.05) is 51.1 Å². The summed E-state index contributed by atoms with van der Waals surface area (Å²) in [6.45, 7) is 7.40. The maximum absolute atomic E-state index is 12.6. The number of ether oxygens (including phenoxy) is 1. The van der Waals surface area contributed by atoms with Crippen LogP contribution in [0.3, 0.4) is 0 Å². The summed E-state index contributed by atoms with van der Waals surface area (Å²) in [7, 11) is 0. The van der Waals surface area contributed by atoms with Crippen LogP contribution in [0.15, 0.2) is 30.3 Å². The number of benzene rings is 1. The number of carbonyl (C=O) groups is 3. The Bertz CT molecular complexity index is 769. The zero-order valence-corrected chi connectivity index (χ0v) is 15.9. The number of carboxylic acids is 2. The van der Waals surface area contributed by atoms with Crippen molar-refractivity contribution in [3.63, 3.8) is 0 Å². The van der Waals surface area contributed by atoms with E-state index in [1.165, 1.54) is 4.90 Å². The van der Waals surface area contributed by atoms with E-state index in [2.05, 4.69) is 0 Å². The molecule has 1 aliphatic heterocycles. The van der Waals surface area contributed by atoms with Gasteiger partial charge in [-0.1, -0.05) is 51.1 Å². The Kier molecular flexibility index (Phi) is 4.25. The summed E-state index contributed by atoms with van der Waals surface area (Å²) in [6, 6.07) is 8.67. The number of likely N-dealkylation sites (tertiary alicyclic amines) is 1. The molecule has 0 aromatic heterocycles. The molecule has 3 unspecified atom stereocenters. The standard InChI is InChI=1S/C20H25NO6/c1-12-20(18(2,3)4)14(19(20,15(22)23)16(24)25)10-21(12)17(26)27-11-13-8-6-5-7-9-13/h5-9,12,14H,10-11H2,1-4H3,(H,22,23)(H,24,25). The molecule has 0 bridgehead atoms. The Morgan fingerprint density at radius 3 is 2.15 bits per heavy atom. The van der Waals surface area contributed by atoms with Crippen molar-refractivity contribution in [2.75, 3.05) is 6.54 Å². The van der Waals surface area contributed by atoms with Gasteiger partial charge >= 0.3 is 18.0 Å². The number of nitrogens with zero attached hydrogens (tertiary/aromatic N) is 1. The minimum atomic E-state index is -1.87. The summed E-state index contributed by atoms with van der Waals surface area (Å²) < 4.78 is 5.39. The normalized spacial score (nSPS) is 28.4. The summed E-state index contributed by atoms with van der Waals surface area (Å²) in [5.41, 5.74) is -2.70. The van der Waals surface area contributed by atoms with Crippen molar-refractivity contribution < 1.29 is 29.3 Å². The summed E-state index contributed by atoms with van der Waals surface area (Å²) in [4.78, 5) is 38.1. The van der Waals surface area contributed by atoms with Crippen LogP contribution < -0.4 is 0 Å². The first-order valence-corrected chi connectivity index (χ1v) is 8.97. The van der Waals surface area contributed by atoms with Crippen molar-refractivity contribution >= 4 is 18.0 Å². The monoisotopic (exact) mass is 375 g/mol. The Hall–Kier alpha value is -2.57. The highest BCUT2D eigenvalue weighted by molar-refractivity contribution is 6.05.